The van der Waals surface area contributed by atoms with E-state index in [2.05, 4.69) is 20.6 Å². The summed E-state index contributed by atoms with van der Waals surface area (Å²) in [6.07, 6.45) is 4.43. The quantitative estimate of drug-likeness (QED) is 0.756. The minimum Gasteiger partial charge on any atom is -0.324 e. The number of carbonyl (C=O) groups is 1. The number of benzene rings is 1. The van der Waals surface area contributed by atoms with E-state index in [4.69, 9.17) is 0 Å². The number of nitrogens with one attached hydrogen (secondary N) is 2. The Balaban J connectivity index is 1.55. The summed E-state index contributed by atoms with van der Waals surface area (Å²) >= 11 is 0. The smallest absolute Gasteiger partial charge is 0.267 e. The van der Waals surface area contributed by atoms with E-state index in [0.29, 0.717) is 5.69 Å². The molecule has 1 aromatic carbocycles. The number of hydrogen-bond donors (Lipinski definition) is 2. The third-order valence-corrected chi connectivity index (χ3v) is 4.67. The molecule has 132 valence electrons. The zero-order valence-corrected chi connectivity index (χ0v) is 14.4. The molecule has 7 nitrogen and oxygen atoms in total. The molecule has 1 amide bonds. The third kappa shape index (κ3) is 3.03. The number of rotatable bonds is 4. The van der Waals surface area contributed by atoms with Crippen LogP contribution in [0.15, 0.2) is 47.4 Å². The average Bonchev–Trinajstić information content (AvgIpc) is 3.32. The number of carbonyl (C=O) groups excluding carboxylic acids is 1. The second-order valence-electron chi connectivity index (χ2n) is 6.47. The van der Waals surface area contributed by atoms with Crippen LogP contribution in [-0.4, -0.2) is 25.9 Å². The zero-order valence-electron chi connectivity index (χ0n) is 14.4. The predicted molar refractivity (Wildman–Crippen MR) is 97.9 cm³/mol. The lowest BCUT2D eigenvalue weighted by Crippen LogP contribution is -2.34. The van der Waals surface area contributed by atoms with Gasteiger partial charge in [-0.15, -0.1) is 0 Å². The molecule has 2 N–H and O–H groups in total. The van der Waals surface area contributed by atoms with Crippen LogP contribution >= 0.6 is 0 Å². The molecule has 0 fully saturated rings. The lowest BCUT2D eigenvalue weighted by molar-refractivity contribution is -0.119. The predicted octanol–water partition coefficient (Wildman–Crippen LogP) is 2.32. The monoisotopic (exact) mass is 349 g/mol. The van der Waals surface area contributed by atoms with Crippen LogP contribution in [0, 0.1) is 0 Å². The van der Waals surface area contributed by atoms with Crippen molar-refractivity contribution in [3.8, 4) is 11.3 Å². The Morgan fingerprint density at radius 2 is 2.15 bits per heavy atom. The normalized spacial score (nSPS) is 14.0. The second kappa shape index (κ2) is 6.59. The van der Waals surface area contributed by atoms with Gasteiger partial charge in [-0.1, -0.05) is 12.1 Å². The van der Waals surface area contributed by atoms with Crippen LogP contribution in [0.3, 0.4) is 0 Å². The van der Waals surface area contributed by atoms with E-state index in [1.807, 2.05) is 30.3 Å². The van der Waals surface area contributed by atoms with Crippen LogP contribution in [0.2, 0.25) is 0 Å². The second-order valence-corrected chi connectivity index (χ2v) is 6.47. The van der Waals surface area contributed by atoms with Crippen molar-refractivity contribution in [3.05, 3.63) is 64.2 Å². The highest BCUT2D eigenvalue weighted by atomic mass is 16.2. The Hall–Kier alpha value is -3.22. The Kier molecular flexibility index (Phi) is 4.12. The van der Waals surface area contributed by atoms with Gasteiger partial charge in [0.15, 0.2) is 0 Å². The molecule has 0 saturated carbocycles. The van der Waals surface area contributed by atoms with Gasteiger partial charge in [-0.3, -0.25) is 14.7 Å². The number of hydrogen-bond acceptors (Lipinski definition) is 4. The van der Waals surface area contributed by atoms with E-state index in [1.54, 1.807) is 19.2 Å². The number of aromatic amines is 1. The van der Waals surface area contributed by atoms with Gasteiger partial charge in [0.2, 0.25) is 5.91 Å². The molecule has 3 aromatic rings. The highest BCUT2D eigenvalue weighted by molar-refractivity contribution is 5.94. The van der Waals surface area contributed by atoms with Gasteiger partial charge in [-0.05, 0) is 49.9 Å². The van der Waals surface area contributed by atoms with Crippen molar-refractivity contribution in [1.29, 1.82) is 0 Å². The minimum absolute atomic E-state index is 0.237. The number of aromatic nitrogens is 4. The maximum absolute atomic E-state index is 12.6. The molecular weight excluding hydrogens is 330 g/mol. The molecule has 1 atom stereocenters. The maximum Gasteiger partial charge on any atom is 0.267 e. The van der Waals surface area contributed by atoms with Crippen LogP contribution in [0.25, 0.3) is 11.3 Å². The Morgan fingerprint density at radius 3 is 2.96 bits per heavy atom. The summed E-state index contributed by atoms with van der Waals surface area (Å²) in [6.45, 7) is 1.68. The Morgan fingerprint density at radius 1 is 1.27 bits per heavy atom. The lowest BCUT2D eigenvalue weighted by Gasteiger charge is -2.15. The van der Waals surface area contributed by atoms with Crippen molar-refractivity contribution in [3.63, 3.8) is 0 Å². The average molecular weight is 349 g/mol. The van der Waals surface area contributed by atoms with Crippen LogP contribution in [0.5, 0.6) is 0 Å². The summed E-state index contributed by atoms with van der Waals surface area (Å²) in [5.41, 5.74) is 4.13. The SMILES string of the molecule is CC(C(=O)Nc1cccc(-c2ccn[nH]2)c1)n1nc2c(cc1=O)CCC2. The van der Waals surface area contributed by atoms with Crippen LogP contribution in [-0.2, 0) is 17.6 Å². The fraction of sp³-hybridized carbons (Fsp3) is 0.263. The van der Waals surface area contributed by atoms with E-state index < -0.39 is 6.04 Å². The summed E-state index contributed by atoms with van der Waals surface area (Å²) in [7, 11) is 0. The van der Waals surface area contributed by atoms with E-state index >= 15 is 0 Å². The van der Waals surface area contributed by atoms with E-state index in [0.717, 1.165) is 41.8 Å². The van der Waals surface area contributed by atoms with Gasteiger partial charge in [-0.25, -0.2) is 4.68 Å². The molecule has 1 aliphatic rings. The van der Waals surface area contributed by atoms with Crippen molar-refractivity contribution in [2.45, 2.75) is 32.2 Å². The lowest BCUT2D eigenvalue weighted by atomic mass is 10.1. The van der Waals surface area contributed by atoms with Crippen LogP contribution in [0.4, 0.5) is 5.69 Å². The molecule has 0 spiro atoms. The van der Waals surface area contributed by atoms with E-state index in [9.17, 15) is 9.59 Å². The molecule has 0 radical (unpaired) electrons. The number of aryl methyl sites for hydroxylation is 2. The maximum atomic E-state index is 12.6. The molecule has 7 heteroatoms. The van der Waals surface area contributed by atoms with Gasteiger partial charge in [0, 0.05) is 23.5 Å². The fourth-order valence-electron chi connectivity index (χ4n) is 3.23. The van der Waals surface area contributed by atoms with Gasteiger partial charge >= 0.3 is 0 Å². The molecule has 1 unspecified atom stereocenters. The Bertz CT molecular complexity index is 1010. The number of H-pyrrole nitrogens is 1. The van der Waals surface area contributed by atoms with Crippen molar-refractivity contribution in [1.82, 2.24) is 20.0 Å². The van der Waals surface area contributed by atoms with Gasteiger partial charge < -0.3 is 5.32 Å². The highest BCUT2D eigenvalue weighted by Gasteiger charge is 2.21. The third-order valence-electron chi connectivity index (χ3n) is 4.67. The topological polar surface area (TPSA) is 92.7 Å². The standard InChI is InChI=1S/C19H19N5O2/c1-12(24-18(25)11-14-5-3-7-17(14)23-24)19(26)21-15-6-2-4-13(10-15)16-8-9-20-22-16/h2,4,6,8-12H,3,5,7H2,1H3,(H,20,22)(H,21,26). The van der Waals surface area contributed by atoms with Crippen molar-refractivity contribution >= 4 is 11.6 Å². The molecule has 0 bridgehead atoms. The van der Waals surface area contributed by atoms with E-state index in [-0.39, 0.29) is 11.5 Å². The molecule has 2 heterocycles. The van der Waals surface area contributed by atoms with Gasteiger partial charge in [0.1, 0.15) is 6.04 Å². The number of anilines is 1. The number of fused-ring (bicyclic) bond motifs is 1. The van der Waals surface area contributed by atoms with Crippen LogP contribution < -0.4 is 10.9 Å². The fourth-order valence-corrected chi connectivity index (χ4v) is 3.23. The van der Waals surface area contributed by atoms with Gasteiger partial charge in [0.05, 0.1) is 11.4 Å². The Labute approximate surface area is 150 Å². The minimum atomic E-state index is -0.691. The first kappa shape index (κ1) is 16.3. The first-order valence-corrected chi connectivity index (χ1v) is 8.64. The van der Waals surface area contributed by atoms with Gasteiger partial charge in [0.25, 0.3) is 5.56 Å². The molecule has 4 rings (SSSR count). The molecular formula is C19H19N5O2. The molecule has 2 aromatic heterocycles. The highest BCUT2D eigenvalue weighted by Crippen LogP contribution is 2.21. The molecule has 1 aliphatic carbocycles. The summed E-state index contributed by atoms with van der Waals surface area (Å²) < 4.78 is 1.28. The summed E-state index contributed by atoms with van der Waals surface area (Å²) in [4.78, 5) is 24.9. The number of nitrogens with zero attached hydrogens (tertiary/aromatic N) is 3. The van der Waals surface area contributed by atoms with Gasteiger partial charge in [-0.2, -0.15) is 10.2 Å². The van der Waals surface area contributed by atoms with Crippen molar-refractivity contribution < 1.29 is 4.79 Å². The van der Waals surface area contributed by atoms with Crippen LogP contribution in [0.1, 0.15) is 30.6 Å². The van der Waals surface area contributed by atoms with E-state index in [1.165, 1.54) is 4.68 Å². The summed E-state index contributed by atoms with van der Waals surface area (Å²) in [5.74, 6) is -0.278. The largest absolute Gasteiger partial charge is 0.324 e. The van der Waals surface area contributed by atoms with Crippen molar-refractivity contribution in [2.24, 2.45) is 0 Å². The van der Waals surface area contributed by atoms with Crippen molar-refractivity contribution in [2.75, 3.05) is 5.32 Å². The summed E-state index contributed by atoms with van der Waals surface area (Å²) in [5, 5.41) is 14.1. The molecule has 26 heavy (non-hydrogen) atoms. The molecule has 0 aliphatic heterocycles. The first-order valence-electron chi connectivity index (χ1n) is 8.64. The summed E-state index contributed by atoms with van der Waals surface area (Å²) in [6, 6.07) is 10.2. The number of amides is 1. The molecule has 0 saturated heterocycles. The zero-order chi connectivity index (χ0) is 18.1. The first-order chi connectivity index (χ1) is 12.6.